The summed E-state index contributed by atoms with van der Waals surface area (Å²) in [5.41, 5.74) is 1.79. The van der Waals surface area contributed by atoms with E-state index >= 15 is 0 Å². The van der Waals surface area contributed by atoms with Crippen LogP contribution >= 0.6 is 11.3 Å². The van der Waals surface area contributed by atoms with Crippen LogP contribution in [0.2, 0.25) is 0 Å². The number of fused-ring (bicyclic) bond motifs is 1. The number of nitrogens with zero attached hydrogens (tertiary/aromatic N) is 2. The molecule has 0 saturated heterocycles. The molecule has 2 heterocycles. The molecule has 1 atom stereocenters. The fourth-order valence-corrected chi connectivity index (χ4v) is 3.36. The molecule has 2 N–H and O–H groups in total. The van der Waals surface area contributed by atoms with E-state index in [4.69, 9.17) is 4.74 Å². The minimum atomic E-state index is -0.761. The van der Waals surface area contributed by atoms with Gasteiger partial charge in [0.2, 0.25) is 0 Å². The van der Waals surface area contributed by atoms with E-state index < -0.39 is 6.10 Å². The van der Waals surface area contributed by atoms with Gasteiger partial charge in [-0.05, 0) is 47.8 Å². The van der Waals surface area contributed by atoms with Gasteiger partial charge < -0.3 is 15.2 Å². The van der Waals surface area contributed by atoms with E-state index in [0.717, 1.165) is 16.5 Å². The number of rotatable bonds is 7. The molecule has 28 heavy (non-hydrogen) atoms. The summed E-state index contributed by atoms with van der Waals surface area (Å²) in [6, 6.07) is 15.4. The molecule has 0 radical (unpaired) electrons. The number of ether oxygens (including phenoxy) is 1. The van der Waals surface area contributed by atoms with Crippen LogP contribution in [0.3, 0.4) is 0 Å². The number of hydrogen-bond acceptors (Lipinski definition) is 6. The third-order valence-electron chi connectivity index (χ3n) is 4.14. The topological polar surface area (TPSA) is 67.3 Å². The summed E-state index contributed by atoms with van der Waals surface area (Å²) in [6.07, 6.45) is -0.761. The first-order valence-electron chi connectivity index (χ1n) is 8.79. The van der Waals surface area contributed by atoms with Gasteiger partial charge in [-0.25, -0.2) is 14.4 Å². The summed E-state index contributed by atoms with van der Waals surface area (Å²) in [7, 11) is 0. The van der Waals surface area contributed by atoms with Crippen molar-refractivity contribution in [3.63, 3.8) is 0 Å². The molecule has 0 aliphatic rings. The zero-order valence-electron chi connectivity index (χ0n) is 14.9. The summed E-state index contributed by atoms with van der Waals surface area (Å²) in [5, 5.41) is 18.3. The van der Waals surface area contributed by atoms with Crippen LogP contribution in [-0.4, -0.2) is 34.3 Å². The highest BCUT2D eigenvalue weighted by atomic mass is 32.1. The van der Waals surface area contributed by atoms with Crippen LogP contribution < -0.4 is 10.1 Å². The van der Waals surface area contributed by atoms with Gasteiger partial charge in [-0.15, -0.1) is 0 Å². The van der Waals surface area contributed by atoms with Crippen molar-refractivity contribution in [1.82, 2.24) is 9.97 Å². The molecular weight excluding hydrogens is 377 g/mol. The van der Waals surface area contributed by atoms with Crippen molar-refractivity contribution in [3.05, 3.63) is 71.2 Å². The minimum Gasteiger partial charge on any atom is -0.491 e. The molecule has 0 spiro atoms. The normalized spacial score (nSPS) is 12.1. The molecule has 4 aromatic rings. The summed E-state index contributed by atoms with van der Waals surface area (Å²) in [5.74, 6) is 1.48. The van der Waals surface area contributed by atoms with Crippen molar-refractivity contribution in [2.24, 2.45) is 0 Å². The van der Waals surface area contributed by atoms with Crippen molar-refractivity contribution in [3.8, 4) is 17.1 Å². The maximum Gasteiger partial charge on any atom is 0.162 e. The van der Waals surface area contributed by atoms with Gasteiger partial charge in [-0.2, -0.15) is 11.3 Å². The SMILES string of the molecule is OC(CNc1nc(-c2ccsc2)nc2ccccc12)COc1ccc(F)cc1. The average molecular weight is 395 g/mol. The van der Waals surface area contributed by atoms with Crippen LogP contribution in [-0.2, 0) is 0 Å². The Morgan fingerprint density at radius 2 is 1.89 bits per heavy atom. The number of benzene rings is 2. The largest absolute Gasteiger partial charge is 0.491 e. The van der Waals surface area contributed by atoms with Gasteiger partial charge in [0, 0.05) is 22.9 Å². The van der Waals surface area contributed by atoms with E-state index in [-0.39, 0.29) is 19.0 Å². The summed E-state index contributed by atoms with van der Waals surface area (Å²) in [4.78, 5) is 9.26. The monoisotopic (exact) mass is 395 g/mol. The van der Waals surface area contributed by atoms with Crippen LogP contribution in [0.5, 0.6) is 5.75 Å². The summed E-state index contributed by atoms with van der Waals surface area (Å²) in [6.45, 7) is 0.338. The van der Waals surface area contributed by atoms with Crippen LogP contribution in [0, 0.1) is 5.82 Å². The predicted molar refractivity (Wildman–Crippen MR) is 109 cm³/mol. The van der Waals surface area contributed by atoms with Crippen molar-refractivity contribution in [2.45, 2.75) is 6.10 Å². The van der Waals surface area contributed by atoms with Gasteiger partial charge in [0.05, 0.1) is 5.52 Å². The highest BCUT2D eigenvalue weighted by Gasteiger charge is 2.12. The molecule has 0 bridgehead atoms. The lowest BCUT2D eigenvalue weighted by molar-refractivity contribution is 0.117. The highest BCUT2D eigenvalue weighted by molar-refractivity contribution is 7.08. The van der Waals surface area contributed by atoms with Gasteiger partial charge in [0.1, 0.15) is 30.1 Å². The predicted octanol–water partition coefficient (Wildman–Crippen LogP) is 4.35. The van der Waals surface area contributed by atoms with Crippen LogP contribution in [0.1, 0.15) is 0 Å². The van der Waals surface area contributed by atoms with E-state index in [2.05, 4.69) is 15.3 Å². The zero-order valence-corrected chi connectivity index (χ0v) is 15.7. The Morgan fingerprint density at radius 3 is 2.68 bits per heavy atom. The van der Waals surface area contributed by atoms with Gasteiger partial charge in [0.15, 0.2) is 5.82 Å². The number of nitrogens with one attached hydrogen (secondary N) is 1. The number of aliphatic hydroxyl groups is 1. The number of para-hydroxylation sites is 1. The number of hydrogen-bond donors (Lipinski definition) is 2. The molecule has 1 unspecified atom stereocenters. The standard InChI is InChI=1S/C21H18FN3O2S/c22-15-5-7-17(8-6-15)27-12-16(26)11-23-21-18-3-1-2-4-19(18)24-20(25-21)14-9-10-28-13-14/h1-10,13,16,26H,11-12H2,(H,23,24,25). The zero-order chi connectivity index (χ0) is 19.3. The molecular formula is C21H18FN3O2S. The number of aliphatic hydroxyl groups excluding tert-OH is 1. The Labute approximate surface area is 165 Å². The number of thiophene rings is 1. The lowest BCUT2D eigenvalue weighted by atomic mass is 10.2. The number of halogens is 1. The van der Waals surface area contributed by atoms with Crippen LogP contribution in [0.15, 0.2) is 65.4 Å². The number of aromatic nitrogens is 2. The molecule has 0 aliphatic carbocycles. The first-order valence-corrected chi connectivity index (χ1v) is 9.73. The van der Waals surface area contributed by atoms with E-state index in [9.17, 15) is 9.50 Å². The van der Waals surface area contributed by atoms with Crippen molar-refractivity contribution < 1.29 is 14.2 Å². The maximum absolute atomic E-state index is 12.9. The van der Waals surface area contributed by atoms with E-state index in [1.807, 2.05) is 41.1 Å². The van der Waals surface area contributed by atoms with Crippen molar-refractivity contribution in [1.29, 1.82) is 0 Å². The fraction of sp³-hybridized carbons (Fsp3) is 0.143. The third kappa shape index (κ3) is 4.27. The van der Waals surface area contributed by atoms with Gasteiger partial charge in [-0.1, -0.05) is 12.1 Å². The van der Waals surface area contributed by atoms with Gasteiger partial charge >= 0.3 is 0 Å². The highest BCUT2D eigenvalue weighted by Crippen LogP contribution is 2.26. The summed E-state index contributed by atoms with van der Waals surface area (Å²) < 4.78 is 18.4. The molecule has 0 aliphatic heterocycles. The van der Waals surface area contributed by atoms with E-state index in [1.54, 1.807) is 11.3 Å². The van der Waals surface area contributed by atoms with E-state index in [0.29, 0.717) is 17.4 Å². The molecule has 0 fully saturated rings. The molecule has 2 aromatic heterocycles. The molecule has 2 aromatic carbocycles. The molecule has 7 heteroatoms. The lowest BCUT2D eigenvalue weighted by Gasteiger charge is -2.15. The molecule has 4 rings (SSSR count). The molecule has 142 valence electrons. The second kappa shape index (κ2) is 8.33. The third-order valence-corrected chi connectivity index (χ3v) is 4.83. The van der Waals surface area contributed by atoms with Crippen LogP contribution in [0.4, 0.5) is 10.2 Å². The quantitative estimate of drug-likeness (QED) is 0.487. The van der Waals surface area contributed by atoms with Gasteiger partial charge in [-0.3, -0.25) is 0 Å². The minimum absolute atomic E-state index is 0.0824. The smallest absolute Gasteiger partial charge is 0.162 e. The maximum atomic E-state index is 12.9. The lowest BCUT2D eigenvalue weighted by Crippen LogP contribution is -2.26. The Balaban J connectivity index is 1.47. The van der Waals surface area contributed by atoms with E-state index in [1.165, 1.54) is 24.3 Å². The average Bonchev–Trinajstić information content (AvgIpc) is 3.26. The summed E-state index contributed by atoms with van der Waals surface area (Å²) >= 11 is 1.59. The Bertz CT molecular complexity index is 1060. The van der Waals surface area contributed by atoms with Crippen molar-refractivity contribution >= 4 is 28.1 Å². The molecule has 0 amide bonds. The van der Waals surface area contributed by atoms with Crippen molar-refractivity contribution in [2.75, 3.05) is 18.5 Å². The van der Waals surface area contributed by atoms with Gasteiger partial charge in [0.25, 0.3) is 0 Å². The number of anilines is 1. The second-order valence-corrected chi connectivity index (χ2v) is 7.00. The van der Waals surface area contributed by atoms with Crippen LogP contribution in [0.25, 0.3) is 22.3 Å². The molecule has 5 nitrogen and oxygen atoms in total. The Morgan fingerprint density at radius 1 is 1.07 bits per heavy atom. The first kappa shape index (κ1) is 18.3. The first-order chi connectivity index (χ1) is 13.7. The fourth-order valence-electron chi connectivity index (χ4n) is 2.73. The Kier molecular flexibility index (Phi) is 5.45. The molecule has 0 saturated carbocycles. The Hall–Kier alpha value is -3.03. The second-order valence-electron chi connectivity index (χ2n) is 6.22.